The maximum absolute atomic E-state index is 10.5. The Labute approximate surface area is 92.6 Å². The zero-order chi connectivity index (χ0) is 12.1. The van der Waals surface area contributed by atoms with E-state index in [4.69, 9.17) is 10.2 Å². The minimum Gasteiger partial charge on any atom is -0.481 e. The predicted octanol–water partition coefficient (Wildman–Crippen LogP) is -0.300. The number of rotatable bonds is 5. The van der Waals surface area contributed by atoms with E-state index in [1.165, 1.54) is 6.07 Å². The average Bonchev–Trinajstić information content (AvgIpc) is 2.26. The Bertz CT molecular complexity index is 363. The molecule has 0 saturated carbocycles. The van der Waals surface area contributed by atoms with Gasteiger partial charge in [0.25, 0.3) is 0 Å². The monoisotopic (exact) mass is 226 g/mol. The van der Waals surface area contributed by atoms with E-state index in [1.54, 1.807) is 18.2 Å². The molecule has 0 aliphatic rings. The average molecular weight is 226 g/mol. The number of aliphatic carboxylic acids is 1. The highest BCUT2D eigenvalue weighted by Gasteiger charge is 2.17. The van der Waals surface area contributed by atoms with Crippen molar-refractivity contribution in [3.63, 3.8) is 0 Å². The topological polar surface area (TPSA) is 98.0 Å². The van der Waals surface area contributed by atoms with Crippen molar-refractivity contribution in [2.45, 2.75) is 18.6 Å². The predicted molar refractivity (Wildman–Crippen MR) is 55.8 cm³/mol. The summed E-state index contributed by atoms with van der Waals surface area (Å²) >= 11 is 0. The summed E-state index contributed by atoms with van der Waals surface area (Å²) in [6.45, 7) is -0.551. The second-order valence-electron chi connectivity index (χ2n) is 3.51. The van der Waals surface area contributed by atoms with Crippen LogP contribution in [0.15, 0.2) is 24.3 Å². The number of aliphatic hydroxyl groups is 3. The molecule has 0 amide bonds. The molecule has 0 spiro atoms. The van der Waals surface area contributed by atoms with E-state index < -0.39 is 24.8 Å². The van der Waals surface area contributed by atoms with Gasteiger partial charge in [0.1, 0.15) is 12.2 Å². The van der Waals surface area contributed by atoms with Crippen LogP contribution in [0.2, 0.25) is 0 Å². The molecule has 0 radical (unpaired) electrons. The minimum atomic E-state index is -1.26. The molecule has 5 heteroatoms. The van der Waals surface area contributed by atoms with E-state index in [9.17, 15) is 15.0 Å². The van der Waals surface area contributed by atoms with Crippen molar-refractivity contribution in [2.24, 2.45) is 0 Å². The molecule has 0 aromatic heterocycles. The van der Waals surface area contributed by atoms with Crippen molar-refractivity contribution in [3.8, 4) is 0 Å². The van der Waals surface area contributed by atoms with Gasteiger partial charge in [0.05, 0.1) is 13.0 Å². The van der Waals surface area contributed by atoms with E-state index in [-0.39, 0.29) is 6.42 Å². The minimum absolute atomic E-state index is 0.143. The number of benzene rings is 1. The zero-order valence-electron chi connectivity index (χ0n) is 8.58. The van der Waals surface area contributed by atoms with Gasteiger partial charge in [-0.15, -0.1) is 0 Å². The van der Waals surface area contributed by atoms with Crippen molar-refractivity contribution < 1.29 is 25.2 Å². The molecular weight excluding hydrogens is 212 g/mol. The summed E-state index contributed by atoms with van der Waals surface area (Å²) in [6, 6.07) is 6.28. The van der Waals surface area contributed by atoms with Gasteiger partial charge < -0.3 is 20.4 Å². The third kappa shape index (κ3) is 3.30. The number of hydrogen-bond acceptors (Lipinski definition) is 4. The normalized spacial score (nSPS) is 14.4. The van der Waals surface area contributed by atoms with Gasteiger partial charge in [0, 0.05) is 0 Å². The Kier molecular flexibility index (Phi) is 4.42. The summed E-state index contributed by atoms with van der Waals surface area (Å²) in [4.78, 5) is 10.5. The van der Waals surface area contributed by atoms with Crippen LogP contribution in [0.1, 0.15) is 17.2 Å². The van der Waals surface area contributed by atoms with E-state index in [0.29, 0.717) is 11.1 Å². The summed E-state index contributed by atoms with van der Waals surface area (Å²) in [6.07, 6.45) is -2.62. The number of aliphatic hydroxyl groups excluding tert-OH is 3. The van der Waals surface area contributed by atoms with Gasteiger partial charge in [-0.3, -0.25) is 4.79 Å². The third-order valence-electron chi connectivity index (χ3n) is 2.20. The standard InChI is InChI=1S/C11H14O5/c12-6-9(13)11(16)8-3-1-2-7(4-8)5-10(14)15/h1-4,9,11-13,16H,5-6H2,(H,14,15). The Morgan fingerprint density at radius 3 is 2.56 bits per heavy atom. The fourth-order valence-corrected chi connectivity index (χ4v) is 1.38. The molecule has 1 aromatic rings. The molecule has 16 heavy (non-hydrogen) atoms. The van der Waals surface area contributed by atoms with Gasteiger partial charge >= 0.3 is 5.97 Å². The van der Waals surface area contributed by atoms with Crippen LogP contribution >= 0.6 is 0 Å². The highest BCUT2D eigenvalue weighted by molar-refractivity contribution is 5.70. The first-order chi connectivity index (χ1) is 7.54. The number of carbonyl (C=O) groups is 1. The van der Waals surface area contributed by atoms with Crippen LogP contribution in [-0.2, 0) is 11.2 Å². The van der Waals surface area contributed by atoms with Gasteiger partial charge in [-0.05, 0) is 11.1 Å². The number of hydrogen-bond donors (Lipinski definition) is 4. The van der Waals surface area contributed by atoms with Crippen molar-refractivity contribution >= 4 is 5.97 Å². The second-order valence-corrected chi connectivity index (χ2v) is 3.51. The van der Waals surface area contributed by atoms with Crippen LogP contribution in [0, 0.1) is 0 Å². The molecule has 2 atom stereocenters. The van der Waals surface area contributed by atoms with Gasteiger partial charge in [-0.25, -0.2) is 0 Å². The van der Waals surface area contributed by atoms with Crippen molar-refractivity contribution in [1.29, 1.82) is 0 Å². The number of carboxylic acids is 1. The van der Waals surface area contributed by atoms with Crippen LogP contribution in [0.5, 0.6) is 0 Å². The van der Waals surface area contributed by atoms with Gasteiger partial charge in [0.2, 0.25) is 0 Å². The Morgan fingerprint density at radius 1 is 1.31 bits per heavy atom. The molecule has 0 heterocycles. The summed E-state index contributed by atoms with van der Waals surface area (Å²) in [7, 11) is 0. The van der Waals surface area contributed by atoms with Crippen molar-refractivity contribution in [3.05, 3.63) is 35.4 Å². The lowest BCUT2D eigenvalue weighted by atomic mass is 10.0. The maximum Gasteiger partial charge on any atom is 0.307 e. The van der Waals surface area contributed by atoms with E-state index >= 15 is 0 Å². The fraction of sp³-hybridized carbons (Fsp3) is 0.364. The van der Waals surface area contributed by atoms with Gasteiger partial charge in [0.15, 0.2) is 0 Å². The molecule has 5 nitrogen and oxygen atoms in total. The fourth-order valence-electron chi connectivity index (χ4n) is 1.38. The first kappa shape index (κ1) is 12.6. The molecule has 0 fully saturated rings. The Morgan fingerprint density at radius 2 is 2.00 bits per heavy atom. The smallest absolute Gasteiger partial charge is 0.307 e. The zero-order valence-corrected chi connectivity index (χ0v) is 8.58. The first-order valence-corrected chi connectivity index (χ1v) is 4.82. The Hall–Kier alpha value is -1.43. The molecule has 88 valence electrons. The molecule has 0 bridgehead atoms. The molecule has 1 rings (SSSR count). The molecule has 0 saturated heterocycles. The quantitative estimate of drug-likeness (QED) is 0.552. The highest BCUT2D eigenvalue weighted by atomic mass is 16.4. The molecule has 1 aromatic carbocycles. The van der Waals surface area contributed by atoms with Crippen LogP contribution in [0.25, 0.3) is 0 Å². The summed E-state index contributed by atoms with van der Waals surface area (Å²) < 4.78 is 0. The van der Waals surface area contributed by atoms with E-state index in [1.807, 2.05) is 0 Å². The molecule has 0 aliphatic carbocycles. The van der Waals surface area contributed by atoms with Crippen LogP contribution in [-0.4, -0.2) is 39.1 Å². The summed E-state index contributed by atoms with van der Waals surface area (Å²) in [5.41, 5.74) is 0.925. The van der Waals surface area contributed by atoms with Crippen LogP contribution < -0.4 is 0 Å². The number of carboxylic acid groups (broad SMARTS) is 1. The van der Waals surface area contributed by atoms with Gasteiger partial charge in [-0.2, -0.15) is 0 Å². The molecule has 0 aliphatic heterocycles. The van der Waals surface area contributed by atoms with Crippen molar-refractivity contribution in [2.75, 3.05) is 6.61 Å². The van der Waals surface area contributed by atoms with Gasteiger partial charge in [-0.1, -0.05) is 24.3 Å². The summed E-state index contributed by atoms with van der Waals surface area (Å²) in [5.74, 6) is -0.964. The largest absolute Gasteiger partial charge is 0.481 e. The maximum atomic E-state index is 10.5. The Balaban J connectivity index is 2.85. The van der Waals surface area contributed by atoms with E-state index in [0.717, 1.165) is 0 Å². The summed E-state index contributed by atoms with van der Waals surface area (Å²) in [5, 5.41) is 36.1. The first-order valence-electron chi connectivity index (χ1n) is 4.82. The lowest BCUT2D eigenvalue weighted by Gasteiger charge is -2.16. The SMILES string of the molecule is O=C(O)Cc1cccc(C(O)C(O)CO)c1. The molecule has 2 unspecified atom stereocenters. The van der Waals surface area contributed by atoms with Crippen molar-refractivity contribution in [1.82, 2.24) is 0 Å². The highest BCUT2D eigenvalue weighted by Crippen LogP contribution is 2.18. The lowest BCUT2D eigenvalue weighted by Crippen LogP contribution is -2.22. The lowest BCUT2D eigenvalue weighted by molar-refractivity contribution is -0.136. The van der Waals surface area contributed by atoms with Crippen LogP contribution in [0.4, 0.5) is 0 Å². The molecule has 4 N–H and O–H groups in total. The third-order valence-corrected chi connectivity index (χ3v) is 2.20. The molecular formula is C11H14O5. The van der Waals surface area contributed by atoms with Crippen LogP contribution in [0.3, 0.4) is 0 Å². The van der Waals surface area contributed by atoms with E-state index in [2.05, 4.69) is 0 Å². The second kappa shape index (κ2) is 5.60.